The molecule has 0 spiro atoms. The average Bonchev–Trinajstić information content (AvgIpc) is 3.04. The van der Waals surface area contributed by atoms with E-state index < -0.39 is 11.8 Å². The standard InChI is InChI=1S/C17H20N4O4/c1-21-9-8-18-15(21)14(22)12-5-3-6-13(11-12)20-17(24)16(23)19-7-4-10-25-2/h3,5-6,8-9,11H,4,7,10H2,1-2H3,(H,19,23)(H,20,24). The van der Waals surface area contributed by atoms with Gasteiger partial charge in [-0.05, 0) is 18.6 Å². The second-order valence-electron chi connectivity index (χ2n) is 5.33. The fraction of sp³-hybridized carbons (Fsp3) is 0.294. The number of aromatic nitrogens is 2. The summed E-state index contributed by atoms with van der Waals surface area (Å²) in [5.41, 5.74) is 0.727. The molecule has 2 amide bonds. The van der Waals surface area contributed by atoms with Crippen LogP contribution in [0.5, 0.6) is 0 Å². The number of methoxy groups -OCH3 is 1. The number of amides is 2. The molecule has 8 heteroatoms. The summed E-state index contributed by atoms with van der Waals surface area (Å²) in [6.07, 6.45) is 3.82. The summed E-state index contributed by atoms with van der Waals surface area (Å²) in [6.45, 7) is 0.844. The Morgan fingerprint density at radius 1 is 1.24 bits per heavy atom. The zero-order valence-electron chi connectivity index (χ0n) is 14.1. The zero-order chi connectivity index (χ0) is 18.2. The summed E-state index contributed by atoms with van der Waals surface area (Å²) in [6, 6.07) is 6.36. The number of aryl methyl sites for hydroxylation is 1. The van der Waals surface area contributed by atoms with Crippen LogP contribution in [-0.4, -0.2) is 47.4 Å². The highest BCUT2D eigenvalue weighted by molar-refractivity contribution is 6.39. The van der Waals surface area contributed by atoms with Gasteiger partial charge in [0.2, 0.25) is 5.78 Å². The van der Waals surface area contributed by atoms with Crippen molar-refractivity contribution in [1.82, 2.24) is 14.9 Å². The van der Waals surface area contributed by atoms with Gasteiger partial charge in [-0.15, -0.1) is 0 Å². The summed E-state index contributed by atoms with van der Waals surface area (Å²) in [4.78, 5) is 40.0. The van der Waals surface area contributed by atoms with E-state index in [1.807, 2.05) is 0 Å². The first-order valence-corrected chi connectivity index (χ1v) is 7.73. The van der Waals surface area contributed by atoms with E-state index in [0.29, 0.717) is 36.6 Å². The first-order chi connectivity index (χ1) is 12.0. The van der Waals surface area contributed by atoms with Gasteiger partial charge in [0.1, 0.15) is 0 Å². The fourth-order valence-corrected chi connectivity index (χ4v) is 2.14. The molecule has 132 valence electrons. The van der Waals surface area contributed by atoms with Gasteiger partial charge >= 0.3 is 11.8 Å². The van der Waals surface area contributed by atoms with Crippen LogP contribution in [0.3, 0.4) is 0 Å². The second kappa shape index (κ2) is 8.74. The van der Waals surface area contributed by atoms with Crippen molar-refractivity contribution in [2.45, 2.75) is 6.42 Å². The quantitative estimate of drug-likeness (QED) is 0.438. The molecule has 1 aromatic carbocycles. The molecule has 2 N–H and O–H groups in total. The number of nitrogens with zero attached hydrogens (tertiary/aromatic N) is 2. The Balaban J connectivity index is 1.99. The van der Waals surface area contributed by atoms with E-state index in [1.165, 1.54) is 12.3 Å². The largest absolute Gasteiger partial charge is 0.385 e. The Bertz CT molecular complexity index is 770. The molecule has 8 nitrogen and oxygen atoms in total. The predicted molar refractivity (Wildman–Crippen MR) is 91.2 cm³/mol. The van der Waals surface area contributed by atoms with Crippen molar-refractivity contribution in [2.75, 3.05) is 25.6 Å². The lowest BCUT2D eigenvalue weighted by molar-refractivity contribution is -0.136. The molecule has 0 saturated heterocycles. The molecular weight excluding hydrogens is 324 g/mol. The van der Waals surface area contributed by atoms with E-state index in [0.717, 1.165) is 0 Å². The molecule has 0 saturated carbocycles. The van der Waals surface area contributed by atoms with Crippen LogP contribution >= 0.6 is 0 Å². The van der Waals surface area contributed by atoms with Crippen LogP contribution in [0.4, 0.5) is 5.69 Å². The number of nitrogens with one attached hydrogen (secondary N) is 2. The van der Waals surface area contributed by atoms with Crippen LogP contribution in [0.1, 0.15) is 22.6 Å². The highest BCUT2D eigenvalue weighted by Crippen LogP contribution is 2.14. The number of benzene rings is 1. The molecule has 0 fully saturated rings. The number of hydrogen-bond donors (Lipinski definition) is 2. The molecule has 2 aromatic rings. The van der Waals surface area contributed by atoms with Crippen LogP contribution in [0.25, 0.3) is 0 Å². The van der Waals surface area contributed by atoms with Gasteiger partial charge in [-0.3, -0.25) is 14.4 Å². The minimum Gasteiger partial charge on any atom is -0.385 e. The molecule has 0 aliphatic carbocycles. The van der Waals surface area contributed by atoms with E-state index in [-0.39, 0.29) is 5.78 Å². The molecule has 2 rings (SSSR count). The number of imidazole rings is 1. The second-order valence-corrected chi connectivity index (χ2v) is 5.33. The van der Waals surface area contributed by atoms with Crippen LogP contribution in [0.15, 0.2) is 36.7 Å². The Morgan fingerprint density at radius 3 is 2.72 bits per heavy atom. The summed E-state index contributed by atoms with van der Waals surface area (Å²) in [5, 5.41) is 4.97. The van der Waals surface area contributed by atoms with Gasteiger partial charge in [-0.25, -0.2) is 4.98 Å². The predicted octanol–water partition coefficient (Wildman–Crippen LogP) is 0.742. The molecule has 0 aliphatic rings. The smallest absolute Gasteiger partial charge is 0.313 e. The number of rotatable bonds is 7. The molecular formula is C17H20N4O4. The fourth-order valence-electron chi connectivity index (χ4n) is 2.14. The number of hydrogen-bond acceptors (Lipinski definition) is 5. The summed E-state index contributed by atoms with van der Waals surface area (Å²) in [5.74, 6) is -1.51. The molecule has 25 heavy (non-hydrogen) atoms. The Morgan fingerprint density at radius 2 is 2.04 bits per heavy atom. The number of ketones is 1. The van der Waals surface area contributed by atoms with Gasteiger partial charge in [0, 0.05) is 51.0 Å². The van der Waals surface area contributed by atoms with Gasteiger partial charge in [0.05, 0.1) is 0 Å². The van der Waals surface area contributed by atoms with Gasteiger partial charge in [0.25, 0.3) is 0 Å². The number of carbonyl (C=O) groups excluding carboxylic acids is 3. The Hall–Kier alpha value is -3.00. The van der Waals surface area contributed by atoms with Crippen LogP contribution in [0, 0.1) is 0 Å². The zero-order valence-corrected chi connectivity index (χ0v) is 14.1. The highest BCUT2D eigenvalue weighted by Gasteiger charge is 2.16. The van der Waals surface area contributed by atoms with Crippen molar-refractivity contribution in [2.24, 2.45) is 7.05 Å². The molecule has 1 heterocycles. The molecule has 1 aromatic heterocycles. The lowest BCUT2D eigenvalue weighted by Gasteiger charge is -2.08. The lowest BCUT2D eigenvalue weighted by atomic mass is 10.1. The Kier molecular flexibility index (Phi) is 6.41. The third kappa shape index (κ3) is 4.98. The van der Waals surface area contributed by atoms with Gasteiger partial charge in [0.15, 0.2) is 5.82 Å². The lowest BCUT2D eigenvalue weighted by Crippen LogP contribution is -2.36. The van der Waals surface area contributed by atoms with E-state index in [2.05, 4.69) is 15.6 Å². The summed E-state index contributed by atoms with van der Waals surface area (Å²) < 4.78 is 6.48. The minimum atomic E-state index is -0.793. The third-order valence-corrected chi connectivity index (χ3v) is 3.42. The number of ether oxygens (including phenoxy) is 1. The van der Waals surface area contributed by atoms with Gasteiger partial charge in [-0.1, -0.05) is 12.1 Å². The maximum absolute atomic E-state index is 12.4. The highest BCUT2D eigenvalue weighted by atomic mass is 16.5. The van der Waals surface area contributed by atoms with Gasteiger partial charge < -0.3 is 19.9 Å². The van der Waals surface area contributed by atoms with E-state index in [4.69, 9.17) is 4.74 Å². The monoisotopic (exact) mass is 344 g/mol. The van der Waals surface area contributed by atoms with Gasteiger partial charge in [-0.2, -0.15) is 0 Å². The third-order valence-electron chi connectivity index (χ3n) is 3.42. The SMILES string of the molecule is COCCCNC(=O)C(=O)Nc1cccc(C(=O)c2nccn2C)c1. The normalized spacial score (nSPS) is 10.3. The molecule has 0 aliphatic heterocycles. The van der Waals surface area contributed by atoms with E-state index in [9.17, 15) is 14.4 Å². The van der Waals surface area contributed by atoms with Crippen molar-refractivity contribution < 1.29 is 19.1 Å². The molecule has 0 bridgehead atoms. The molecule has 0 unspecified atom stereocenters. The van der Waals surface area contributed by atoms with Crippen LogP contribution in [0.2, 0.25) is 0 Å². The maximum atomic E-state index is 12.4. The first kappa shape index (κ1) is 18.3. The van der Waals surface area contributed by atoms with Crippen molar-refractivity contribution in [1.29, 1.82) is 0 Å². The van der Waals surface area contributed by atoms with Crippen molar-refractivity contribution in [3.63, 3.8) is 0 Å². The summed E-state index contributed by atoms with van der Waals surface area (Å²) in [7, 11) is 3.29. The van der Waals surface area contributed by atoms with E-state index >= 15 is 0 Å². The van der Waals surface area contributed by atoms with Crippen molar-refractivity contribution in [3.05, 3.63) is 48.0 Å². The Labute approximate surface area is 145 Å². The molecule has 0 atom stereocenters. The van der Waals surface area contributed by atoms with E-state index in [1.54, 1.807) is 43.1 Å². The minimum absolute atomic E-state index is 0.271. The van der Waals surface area contributed by atoms with Crippen molar-refractivity contribution in [3.8, 4) is 0 Å². The first-order valence-electron chi connectivity index (χ1n) is 7.73. The van der Waals surface area contributed by atoms with Crippen molar-refractivity contribution >= 4 is 23.3 Å². The number of carbonyl (C=O) groups is 3. The maximum Gasteiger partial charge on any atom is 0.313 e. The molecule has 0 radical (unpaired) electrons. The van der Waals surface area contributed by atoms with Crippen LogP contribution in [-0.2, 0) is 21.4 Å². The summed E-state index contributed by atoms with van der Waals surface area (Å²) >= 11 is 0. The number of anilines is 1. The van der Waals surface area contributed by atoms with Crippen LogP contribution < -0.4 is 10.6 Å². The average molecular weight is 344 g/mol. The topological polar surface area (TPSA) is 102 Å².